The lowest BCUT2D eigenvalue weighted by molar-refractivity contribution is 0.0952. The van der Waals surface area contributed by atoms with Crippen LogP contribution < -0.4 is 16.1 Å². The highest BCUT2D eigenvalue weighted by atomic mass is 32.1. The molecule has 0 spiro atoms. The number of nitrogens with zero attached hydrogens (tertiary/aromatic N) is 2. The van der Waals surface area contributed by atoms with Gasteiger partial charge in [-0.1, -0.05) is 11.3 Å². The lowest BCUT2D eigenvalue weighted by Crippen LogP contribution is -2.31. The molecule has 2 aromatic heterocycles. The summed E-state index contributed by atoms with van der Waals surface area (Å²) < 4.78 is 1.57. The SMILES string of the molecule is Cc1csc(=O)n1Cc1ncccc1C(=O)NN. The molecule has 3 N–H and O–H groups in total. The molecule has 0 fully saturated rings. The number of carbonyl (C=O) groups excluding carboxylic acids is 1. The van der Waals surface area contributed by atoms with E-state index in [-0.39, 0.29) is 11.4 Å². The van der Waals surface area contributed by atoms with Crippen molar-refractivity contribution in [3.8, 4) is 0 Å². The third-order valence-corrected chi connectivity index (χ3v) is 3.43. The number of carbonyl (C=O) groups is 1. The average molecular weight is 264 g/mol. The van der Waals surface area contributed by atoms with Crippen molar-refractivity contribution in [1.82, 2.24) is 15.0 Å². The number of nitrogens with two attached hydrogens (primary N) is 1. The largest absolute Gasteiger partial charge is 0.307 e. The van der Waals surface area contributed by atoms with Crippen molar-refractivity contribution in [2.75, 3.05) is 0 Å². The minimum absolute atomic E-state index is 0.0720. The third kappa shape index (κ3) is 2.31. The Kier molecular flexibility index (Phi) is 3.54. The van der Waals surface area contributed by atoms with E-state index >= 15 is 0 Å². The first-order valence-corrected chi connectivity index (χ1v) is 6.11. The Morgan fingerprint density at radius 1 is 1.61 bits per heavy atom. The van der Waals surface area contributed by atoms with Crippen LogP contribution in [0.25, 0.3) is 0 Å². The van der Waals surface area contributed by atoms with Gasteiger partial charge in [-0.25, -0.2) is 5.84 Å². The number of aryl methyl sites for hydroxylation is 1. The molecule has 2 heterocycles. The molecule has 94 valence electrons. The van der Waals surface area contributed by atoms with Gasteiger partial charge in [0, 0.05) is 17.3 Å². The van der Waals surface area contributed by atoms with E-state index in [1.54, 1.807) is 28.3 Å². The van der Waals surface area contributed by atoms with E-state index in [4.69, 9.17) is 5.84 Å². The molecule has 0 saturated carbocycles. The highest BCUT2D eigenvalue weighted by molar-refractivity contribution is 7.07. The van der Waals surface area contributed by atoms with Gasteiger partial charge < -0.3 is 0 Å². The number of amides is 1. The fourth-order valence-electron chi connectivity index (χ4n) is 1.59. The van der Waals surface area contributed by atoms with Crippen molar-refractivity contribution in [2.24, 2.45) is 5.84 Å². The van der Waals surface area contributed by atoms with Crippen LogP contribution in [0.3, 0.4) is 0 Å². The van der Waals surface area contributed by atoms with Gasteiger partial charge in [-0.05, 0) is 19.1 Å². The van der Waals surface area contributed by atoms with E-state index in [1.807, 2.05) is 6.92 Å². The molecule has 0 atom stereocenters. The molecular weight excluding hydrogens is 252 g/mol. The van der Waals surface area contributed by atoms with Crippen molar-refractivity contribution in [3.63, 3.8) is 0 Å². The first-order valence-electron chi connectivity index (χ1n) is 5.23. The van der Waals surface area contributed by atoms with Gasteiger partial charge in [0.15, 0.2) is 0 Å². The number of thiazole rings is 1. The zero-order valence-electron chi connectivity index (χ0n) is 9.71. The molecule has 0 aliphatic rings. The molecule has 6 nitrogen and oxygen atoms in total. The van der Waals surface area contributed by atoms with Crippen LogP contribution in [0.5, 0.6) is 0 Å². The number of hydrogen-bond acceptors (Lipinski definition) is 5. The number of aromatic nitrogens is 2. The zero-order valence-corrected chi connectivity index (χ0v) is 10.5. The molecule has 2 aromatic rings. The molecule has 0 aromatic carbocycles. The van der Waals surface area contributed by atoms with Gasteiger partial charge in [-0.15, -0.1) is 0 Å². The Balaban J connectivity index is 2.41. The highest BCUT2D eigenvalue weighted by Gasteiger charge is 2.13. The van der Waals surface area contributed by atoms with E-state index < -0.39 is 5.91 Å². The van der Waals surface area contributed by atoms with E-state index in [9.17, 15) is 9.59 Å². The maximum atomic E-state index is 11.6. The number of rotatable bonds is 3. The van der Waals surface area contributed by atoms with Crippen LogP contribution in [0.2, 0.25) is 0 Å². The van der Waals surface area contributed by atoms with Gasteiger partial charge in [-0.2, -0.15) is 0 Å². The molecule has 7 heteroatoms. The maximum Gasteiger partial charge on any atom is 0.307 e. The minimum Gasteiger partial charge on any atom is -0.297 e. The minimum atomic E-state index is -0.418. The average Bonchev–Trinajstić information content (AvgIpc) is 2.70. The van der Waals surface area contributed by atoms with Crippen LogP contribution >= 0.6 is 11.3 Å². The van der Waals surface area contributed by atoms with Crippen molar-refractivity contribution >= 4 is 17.2 Å². The molecule has 0 radical (unpaired) electrons. The fourth-order valence-corrected chi connectivity index (χ4v) is 2.33. The summed E-state index contributed by atoms with van der Waals surface area (Å²) in [6.45, 7) is 2.10. The van der Waals surface area contributed by atoms with Crippen LogP contribution in [0.1, 0.15) is 21.7 Å². The van der Waals surface area contributed by atoms with Crippen molar-refractivity contribution < 1.29 is 4.79 Å². The second kappa shape index (κ2) is 5.11. The monoisotopic (exact) mass is 264 g/mol. The fraction of sp³-hybridized carbons (Fsp3) is 0.182. The van der Waals surface area contributed by atoms with Crippen LogP contribution in [-0.4, -0.2) is 15.5 Å². The van der Waals surface area contributed by atoms with Gasteiger partial charge in [0.05, 0.1) is 17.8 Å². The first-order chi connectivity index (χ1) is 8.63. The van der Waals surface area contributed by atoms with E-state index in [1.165, 1.54) is 0 Å². The van der Waals surface area contributed by atoms with Gasteiger partial charge >= 0.3 is 4.87 Å². The smallest absolute Gasteiger partial charge is 0.297 e. The second-order valence-corrected chi connectivity index (χ2v) is 4.52. The van der Waals surface area contributed by atoms with Crippen molar-refractivity contribution in [2.45, 2.75) is 13.5 Å². The maximum absolute atomic E-state index is 11.6. The third-order valence-electron chi connectivity index (χ3n) is 2.55. The number of hydrazine groups is 1. The number of nitrogen functional groups attached to an aromatic ring is 1. The Morgan fingerprint density at radius 2 is 2.39 bits per heavy atom. The Hall–Kier alpha value is -1.99. The molecule has 2 rings (SSSR count). The van der Waals surface area contributed by atoms with E-state index in [2.05, 4.69) is 10.4 Å². The molecule has 18 heavy (non-hydrogen) atoms. The normalized spacial score (nSPS) is 10.3. The predicted octanol–water partition coefficient (Wildman–Crippen LogP) is 0.265. The molecule has 0 bridgehead atoms. The molecule has 0 aliphatic heterocycles. The lowest BCUT2D eigenvalue weighted by Gasteiger charge is -2.08. The van der Waals surface area contributed by atoms with E-state index in [0.29, 0.717) is 11.3 Å². The van der Waals surface area contributed by atoms with Gasteiger partial charge in [-0.3, -0.25) is 24.6 Å². The molecule has 0 aliphatic carbocycles. The Morgan fingerprint density at radius 3 is 3.00 bits per heavy atom. The van der Waals surface area contributed by atoms with Gasteiger partial charge in [0.25, 0.3) is 5.91 Å². The summed E-state index contributed by atoms with van der Waals surface area (Å²) in [6, 6.07) is 3.27. The van der Waals surface area contributed by atoms with Crippen molar-refractivity contribution in [3.05, 3.63) is 50.3 Å². The molecular formula is C11H12N4O2S. The van der Waals surface area contributed by atoms with Crippen LogP contribution in [0, 0.1) is 6.92 Å². The Bertz CT molecular complexity index is 632. The lowest BCUT2D eigenvalue weighted by atomic mass is 10.2. The standard InChI is InChI=1S/C11H12N4O2S/c1-7-6-18-11(17)15(7)5-9-8(10(16)14-12)3-2-4-13-9/h2-4,6H,5,12H2,1H3,(H,14,16). The summed E-state index contributed by atoms with van der Waals surface area (Å²) in [5, 5.41) is 1.77. The summed E-state index contributed by atoms with van der Waals surface area (Å²) in [5.41, 5.74) is 3.80. The topological polar surface area (TPSA) is 90.0 Å². The second-order valence-electron chi connectivity index (χ2n) is 3.70. The molecule has 0 saturated heterocycles. The summed E-state index contributed by atoms with van der Waals surface area (Å²) in [5.74, 6) is 4.69. The quantitative estimate of drug-likeness (QED) is 0.473. The zero-order chi connectivity index (χ0) is 13.1. The molecule has 0 unspecified atom stereocenters. The number of hydrogen-bond donors (Lipinski definition) is 2. The van der Waals surface area contributed by atoms with Crippen LogP contribution in [0.15, 0.2) is 28.5 Å². The van der Waals surface area contributed by atoms with Gasteiger partial charge in [0.1, 0.15) is 0 Å². The Labute approximate surface area is 107 Å². The summed E-state index contributed by atoms with van der Waals surface area (Å²) in [6.07, 6.45) is 1.58. The highest BCUT2D eigenvalue weighted by Crippen LogP contribution is 2.09. The summed E-state index contributed by atoms with van der Waals surface area (Å²) in [7, 11) is 0. The summed E-state index contributed by atoms with van der Waals surface area (Å²) >= 11 is 1.12. The van der Waals surface area contributed by atoms with Gasteiger partial charge in [0.2, 0.25) is 0 Å². The van der Waals surface area contributed by atoms with Crippen molar-refractivity contribution in [1.29, 1.82) is 0 Å². The van der Waals surface area contributed by atoms with E-state index in [0.717, 1.165) is 17.0 Å². The summed E-state index contributed by atoms with van der Waals surface area (Å²) in [4.78, 5) is 27.3. The number of nitrogens with one attached hydrogen (secondary N) is 1. The predicted molar refractivity (Wildman–Crippen MR) is 68.3 cm³/mol. The van der Waals surface area contributed by atoms with Crippen LogP contribution in [0.4, 0.5) is 0 Å². The first kappa shape index (κ1) is 12.5. The molecule has 1 amide bonds. The number of pyridine rings is 1. The van der Waals surface area contributed by atoms with Crippen LogP contribution in [-0.2, 0) is 6.54 Å².